The van der Waals surface area contributed by atoms with Crippen LogP contribution in [0, 0.1) is 0 Å². The highest BCUT2D eigenvalue weighted by Crippen LogP contribution is 2.41. The van der Waals surface area contributed by atoms with Crippen LogP contribution >= 0.6 is 0 Å². The number of hydrogen-bond donors (Lipinski definition) is 0. The molecule has 0 amide bonds. The van der Waals surface area contributed by atoms with E-state index in [1.54, 1.807) is 0 Å². The van der Waals surface area contributed by atoms with E-state index < -0.39 is 0 Å². The van der Waals surface area contributed by atoms with Gasteiger partial charge in [0.15, 0.2) is 0 Å². The van der Waals surface area contributed by atoms with Crippen molar-refractivity contribution < 1.29 is 4.42 Å². The zero-order chi connectivity index (χ0) is 33.0. The Labute approximate surface area is 290 Å². The van der Waals surface area contributed by atoms with Gasteiger partial charge in [0.1, 0.15) is 11.2 Å². The fourth-order valence-electron chi connectivity index (χ4n) is 7.57. The van der Waals surface area contributed by atoms with Crippen LogP contribution in [-0.2, 0) is 0 Å². The summed E-state index contributed by atoms with van der Waals surface area (Å²) < 4.78 is 6.25. The third-order valence-electron chi connectivity index (χ3n) is 10.0. The molecule has 1 heterocycles. The number of nitrogens with zero attached hydrogens (tertiary/aromatic N) is 1. The molecule has 0 radical (unpaired) electrons. The minimum absolute atomic E-state index is 0.908. The molecule has 0 N–H and O–H groups in total. The molecule has 2 heteroatoms. The van der Waals surface area contributed by atoms with Crippen molar-refractivity contribution in [2.75, 3.05) is 4.90 Å². The van der Waals surface area contributed by atoms with Crippen molar-refractivity contribution in [3.8, 4) is 22.3 Å². The summed E-state index contributed by atoms with van der Waals surface area (Å²) in [5.41, 5.74) is 10.0. The zero-order valence-electron chi connectivity index (χ0n) is 27.3. The van der Waals surface area contributed by atoms with Gasteiger partial charge in [0.2, 0.25) is 0 Å². The van der Waals surface area contributed by atoms with Gasteiger partial charge in [-0.05, 0) is 115 Å². The maximum Gasteiger partial charge on any atom is 0.136 e. The molecule has 2 nitrogen and oxygen atoms in total. The third kappa shape index (κ3) is 4.73. The molecule has 1 aromatic heterocycles. The van der Waals surface area contributed by atoms with Crippen molar-refractivity contribution in [2.24, 2.45) is 0 Å². The predicted molar refractivity (Wildman–Crippen MR) is 212 cm³/mol. The summed E-state index contributed by atoms with van der Waals surface area (Å²) in [5.74, 6) is 0. The molecule has 0 saturated carbocycles. The summed E-state index contributed by atoms with van der Waals surface area (Å²) in [6, 6.07) is 67.6. The van der Waals surface area contributed by atoms with E-state index in [1.165, 1.54) is 54.6 Å². The van der Waals surface area contributed by atoms with Crippen molar-refractivity contribution in [3.63, 3.8) is 0 Å². The molecule has 10 rings (SSSR count). The van der Waals surface area contributed by atoms with E-state index in [1.807, 2.05) is 12.1 Å². The van der Waals surface area contributed by atoms with Gasteiger partial charge >= 0.3 is 0 Å². The Balaban J connectivity index is 1.05. The van der Waals surface area contributed by atoms with Gasteiger partial charge in [0, 0.05) is 27.8 Å². The van der Waals surface area contributed by atoms with Crippen LogP contribution in [0.5, 0.6) is 0 Å². The molecular formula is C48H31NO. The Morgan fingerprint density at radius 2 is 0.960 bits per heavy atom. The van der Waals surface area contributed by atoms with Crippen LogP contribution < -0.4 is 4.90 Å². The lowest BCUT2D eigenvalue weighted by Gasteiger charge is -2.26. The zero-order valence-corrected chi connectivity index (χ0v) is 27.3. The van der Waals surface area contributed by atoms with Gasteiger partial charge in [-0.15, -0.1) is 0 Å². The molecule has 0 spiro atoms. The quantitative estimate of drug-likeness (QED) is 0.187. The van der Waals surface area contributed by atoms with E-state index in [9.17, 15) is 0 Å². The highest BCUT2D eigenvalue weighted by atomic mass is 16.3. The number of anilines is 3. The summed E-state index contributed by atoms with van der Waals surface area (Å²) in [6.07, 6.45) is 0. The van der Waals surface area contributed by atoms with Crippen LogP contribution in [0.2, 0.25) is 0 Å². The van der Waals surface area contributed by atoms with Gasteiger partial charge < -0.3 is 9.32 Å². The third-order valence-corrected chi connectivity index (χ3v) is 10.0. The van der Waals surface area contributed by atoms with Crippen molar-refractivity contribution in [1.29, 1.82) is 0 Å². The minimum atomic E-state index is 0.908. The second kappa shape index (κ2) is 11.5. The van der Waals surface area contributed by atoms with Crippen molar-refractivity contribution >= 4 is 71.3 Å². The molecule has 0 fully saturated rings. The van der Waals surface area contributed by atoms with Crippen LogP contribution in [0.15, 0.2) is 192 Å². The van der Waals surface area contributed by atoms with E-state index in [4.69, 9.17) is 4.42 Å². The monoisotopic (exact) mass is 637 g/mol. The summed E-state index contributed by atoms with van der Waals surface area (Å²) >= 11 is 0. The summed E-state index contributed by atoms with van der Waals surface area (Å²) in [6.45, 7) is 0. The molecule has 0 saturated heterocycles. The first-order valence-corrected chi connectivity index (χ1v) is 17.1. The lowest BCUT2D eigenvalue weighted by atomic mass is 9.94. The average molecular weight is 638 g/mol. The largest absolute Gasteiger partial charge is 0.456 e. The van der Waals surface area contributed by atoms with Gasteiger partial charge in [0.25, 0.3) is 0 Å². The summed E-state index contributed by atoms with van der Waals surface area (Å²) in [7, 11) is 0. The molecule has 234 valence electrons. The van der Waals surface area contributed by atoms with E-state index >= 15 is 0 Å². The van der Waals surface area contributed by atoms with Gasteiger partial charge in [-0.25, -0.2) is 0 Å². The SMILES string of the molecule is c1ccc(N(c2ccc(-c3cccc4cc(-c5ccc6ccccc6c5)ccc34)cc2)c2ccc3ccc4oc5ccccc5c4c3c2)cc1. The van der Waals surface area contributed by atoms with Gasteiger partial charge in [-0.1, -0.05) is 127 Å². The number of rotatable bonds is 5. The molecule has 0 aliphatic rings. The van der Waals surface area contributed by atoms with Gasteiger partial charge in [-0.3, -0.25) is 0 Å². The first-order chi connectivity index (χ1) is 24.8. The number of fused-ring (bicyclic) bond motifs is 7. The van der Waals surface area contributed by atoms with Crippen LogP contribution in [0.4, 0.5) is 17.1 Å². The van der Waals surface area contributed by atoms with Crippen LogP contribution in [0.25, 0.3) is 76.5 Å². The Morgan fingerprint density at radius 1 is 0.320 bits per heavy atom. The molecule has 0 unspecified atom stereocenters. The van der Waals surface area contributed by atoms with Gasteiger partial charge in [0.05, 0.1) is 0 Å². The van der Waals surface area contributed by atoms with Crippen LogP contribution in [0.1, 0.15) is 0 Å². The lowest BCUT2D eigenvalue weighted by Crippen LogP contribution is -2.09. The normalized spacial score (nSPS) is 11.6. The van der Waals surface area contributed by atoms with Gasteiger partial charge in [-0.2, -0.15) is 0 Å². The number of para-hydroxylation sites is 2. The molecule has 10 aromatic rings. The predicted octanol–water partition coefficient (Wildman–Crippen LogP) is 13.8. The molecule has 9 aromatic carbocycles. The minimum Gasteiger partial charge on any atom is -0.456 e. The molecule has 0 aliphatic carbocycles. The van der Waals surface area contributed by atoms with E-state index in [-0.39, 0.29) is 0 Å². The summed E-state index contributed by atoms with van der Waals surface area (Å²) in [5, 5.41) is 9.67. The Morgan fingerprint density at radius 3 is 1.84 bits per heavy atom. The maximum absolute atomic E-state index is 6.25. The molecule has 50 heavy (non-hydrogen) atoms. The van der Waals surface area contributed by atoms with Crippen molar-refractivity contribution in [2.45, 2.75) is 0 Å². The van der Waals surface area contributed by atoms with Crippen LogP contribution in [0.3, 0.4) is 0 Å². The number of furan rings is 1. The van der Waals surface area contributed by atoms with Crippen LogP contribution in [-0.4, -0.2) is 0 Å². The fourth-order valence-corrected chi connectivity index (χ4v) is 7.57. The lowest BCUT2D eigenvalue weighted by molar-refractivity contribution is 0.669. The fraction of sp³-hybridized carbons (Fsp3) is 0. The van der Waals surface area contributed by atoms with Crippen molar-refractivity contribution in [1.82, 2.24) is 0 Å². The smallest absolute Gasteiger partial charge is 0.136 e. The topological polar surface area (TPSA) is 16.4 Å². The Hall–Kier alpha value is -6.64. The molecular weight excluding hydrogens is 607 g/mol. The highest BCUT2D eigenvalue weighted by molar-refractivity contribution is 6.19. The summed E-state index contributed by atoms with van der Waals surface area (Å²) in [4.78, 5) is 2.34. The molecule has 0 atom stereocenters. The molecule has 0 aliphatic heterocycles. The second-order valence-corrected chi connectivity index (χ2v) is 13.0. The number of hydrogen-bond acceptors (Lipinski definition) is 2. The Kier molecular flexibility index (Phi) is 6.53. The molecule has 0 bridgehead atoms. The standard InChI is InChI=1S/C48H31NO/c1-2-12-39(13-3-1)49(41-26-21-34-23-28-47-48(45(34)31-41)44-14-6-7-16-46(44)50-47)40-24-19-33(20-25-40)42-15-8-11-38-30-37(22-27-43(38)42)36-18-17-32-9-4-5-10-35(32)29-36/h1-31H. The first kappa shape index (κ1) is 28.4. The first-order valence-electron chi connectivity index (χ1n) is 17.1. The average Bonchev–Trinajstić information content (AvgIpc) is 3.57. The highest BCUT2D eigenvalue weighted by Gasteiger charge is 2.16. The van der Waals surface area contributed by atoms with Crippen molar-refractivity contribution in [3.05, 3.63) is 188 Å². The van der Waals surface area contributed by atoms with E-state index in [2.05, 4.69) is 181 Å². The van der Waals surface area contributed by atoms with E-state index in [0.29, 0.717) is 0 Å². The van der Waals surface area contributed by atoms with E-state index in [0.717, 1.165) is 39.0 Å². The number of benzene rings is 9. The Bertz CT molecular complexity index is 2870. The second-order valence-electron chi connectivity index (χ2n) is 13.0. The maximum atomic E-state index is 6.25.